The highest BCUT2D eigenvalue weighted by Crippen LogP contribution is 2.33. The summed E-state index contributed by atoms with van der Waals surface area (Å²) in [5.74, 6) is 0.0220. The standard InChI is InChI=1S/C15H9BrCl3N5O/c16-9-3-1-8(2-4-9)15-21-23-24(22-15)7-13(25)20-14-11(18)5-10(17)6-12(14)19/h1-6H,7H2,(H,20,25). The number of tetrazole rings is 1. The average molecular weight is 462 g/mol. The van der Waals surface area contributed by atoms with E-state index in [9.17, 15) is 4.79 Å². The zero-order valence-electron chi connectivity index (χ0n) is 12.4. The van der Waals surface area contributed by atoms with Crippen LogP contribution in [0, 0.1) is 0 Å². The van der Waals surface area contributed by atoms with Gasteiger partial charge in [-0.25, -0.2) is 0 Å². The summed E-state index contributed by atoms with van der Waals surface area (Å²) in [6.45, 7) is -0.140. The van der Waals surface area contributed by atoms with E-state index in [1.165, 1.54) is 16.9 Å². The van der Waals surface area contributed by atoms with E-state index in [2.05, 4.69) is 36.7 Å². The largest absolute Gasteiger partial charge is 0.322 e. The Balaban J connectivity index is 1.71. The second kappa shape index (κ2) is 7.70. The number of aromatic nitrogens is 4. The van der Waals surface area contributed by atoms with Crippen LogP contribution in [0.25, 0.3) is 11.4 Å². The first-order chi connectivity index (χ1) is 11.9. The summed E-state index contributed by atoms with van der Waals surface area (Å²) in [7, 11) is 0. The molecular weight excluding hydrogens is 452 g/mol. The lowest BCUT2D eigenvalue weighted by Crippen LogP contribution is -2.20. The number of amides is 1. The van der Waals surface area contributed by atoms with E-state index in [0.29, 0.717) is 10.8 Å². The lowest BCUT2D eigenvalue weighted by Gasteiger charge is -2.09. The highest BCUT2D eigenvalue weighted by molar-refractivity contribution is 9.10. The maximum Gasteiger partial charge on any atom is 0.248 e. The van der Waals surface area contributed by atoms with Gasteiger partial charge in [0.1, 0.15) is 6.54 Å². The van der Waals surface area contributed by atoms with Crippen LogP contribution in [0.1, 0.15) is 0 Å². The molecule has 0 saturated carbocycles. The Morgan fingerprint density at radius 1 is 1.12 bits per heavy atom. The summed E-state index contributed by atoms with van der Waals surface area (Å²) in [5.41, 5.74) is 1.07. The lowest BCUT2D eigenvalue weighted by molar-refractivity contribution is -0.117. The molecule has 2 aromatic carbocycles. The summed E-state index contributed by atoms with van der Waals surface area (Å²) in [4.78, 5) is 13.4. The maximum atomic E-state index is 12.2. The molecule has 3 aromatic rings. The Bertz CT molecular complexity index is 906. The predicted octanol–water partition coefficient (Wildman–Crippen LogP) is 4.70. The van der Waals surface area contributed by atoms with E-state index < -0.39 is 5.91 Å². The van der Waals surface area contributed by atoms with Crippen LogP contribution in [0.15, 0.2) is 40.9 Å². The molecule has 0 saturated heterocycles. The van der Waals surface area contributed by atoms with Gasteiger partial charge in [0.2, 0.25) is 11.7 Å². The molecule has 1 amide bonds. The zero-order valence-corrected chi connectivity index (χ0v) is 16.2. The van der Waals surface area contributed by atoms with Gasteiger partial charge in [-0.3, -0.25) is 4.79 Å². The fourth-order valence-electron chi connectivity index (χ4n) is 1.99. The van der Waals surface area contributed by atoms with Crippen molar-refractivity contribution in [3.63, 3.8) is 0 Å². The first kappa shape index (κ1) is 18.1. The van der Waals surface area contributed by atoms with E-state index >= 15 is 0 Å². The van der Waals surface area contributed by atoms with Gasteiger partial charge in [-0.2, -0.15) is 4.80 Å². The van der Waals surface area contributed by atoms with Gasteiger partial charge in [0.05, 0.1) is 15.7 Å². The van der Waals surface area contributed by atoms with Gasteiger partial charge in [-0.1, -0.05) is 50.7 Å². The highest BCUT2D eigenvalue weighted by atomic mass is 79.9. The van der Waals surface area contributed by atoms with Crippen LogP contribution in [-0.4, -0.2) is 26.1 Å². The van der Waals surface area contributed by atoms with Crippen LogP contribution in [0.3, 0.4) is 0 Å². The molecule has 25 heavy (non-hydrogen) atoms. The fraction of sp³-hybridized carbons (Fsp3) is 0.0667. The Hall–Kier alpha value is -1.67. The minimum atomic E-state index is -0.397. The minimum Gasteiger partial charge on any atom is -0.322 e. The summed E-state index contributed by atoms with van der Waals surface area (Å²) in [6, 6.07) is 10.4. The number of nitrogens with one attached hydrogen (secondary N) is 1. The van der Waals surface area contributed by atoms with E-state index in [-0.39, 0.29) is 22.3 Å². The maximum absolute atomic E-state index is 12.2. The van der Waals surface area contributed by atoms with E-state index in [0.717, 1.165) is 10.0 Å². The van der Waals surface area contributed by atoms with Crippen molar-refractivity contribution in [3.8, 4) is 11.4 Å². The van der Waals surface area contributed by atoms with Crippen LogP contribution < -0.4 is 5.32 Å². The first-order valence-corrected chi connectivity index (χ1v) is 8.83. The number of hydrogen-bond acceptors (Lipinski definition) is 4. The van der Waals surface area contributed by atoms with Gasteiger partial charge < -0.3 is 5.32 Å². The summed E-state index contributed by atoms with van der Waals surface area (Å²) >= 11 is 21.3. The fourth-order valence-corrected chi connectivity index (χ4v) is 3.17. The number of carbonyl (C=O) groups excluding carboxylic acids is 1. The third-order valence-electron chi connectivity index (χ3n) is 3.11. The number of carbonyl (C=O) groups is 1. The first-order valence-electron chi connectivity index (χ1n) is 6.90. The molecule has 10 heteroatoms. The highest BCUT2D eigenvalue weighted by Gasteiger charge is 2.14. The normalized spacial score (nSPS) is 10.7. The van der Waals surface area contributed by atoms with Crippen LogP contribution in [0.4, 0.5) is 5.69 Å². The molecule has 0 aliphatic rings. The molecule has 128 valence electrons. The van der Waals surface area contributed by atoms with Gasteiger partial charge in [0, 0.05) is 15.1 Å². The molecular formula is C15H9BrCl3N5O. The number of rotatable bonds is 4. The molecule has 0 bridgehead atoms. The predicted molar refractivity (Wildman–Crippen MR) is 101 cm³/mol. The minimum absolute atomic E-state index is 0.140. The number of anilines is 1. The van der Waals surface area contributed by atoms with Gasteiger partial charge in [-0.05, 0) is 41.6 Å². The SMILES string of the molecule is O=C(Cn1nnc(-c2ccc(Br)cc2)n1)Nc1c(Cl)cc(Cl)cc1Cl. The molecule has 0 aliphatic heterocycles. The lowest BCUT2D eigenvalue weighted by atomic mass is 10.2. The number of nitrogens with zero attached hydrogens (tertiary/aromatic N) is 4. The molecule has 1 aromatic heterocycles. The topological polar surface area (TPSA) is 72.7 Å². The van der Waals surface area contributed by atoms with Crippen molar-refractivity contribution in [2.45, 2.75) is 6.54 Å². The van der Waals surface area contributed by atoms with Gasteiger partial charge in [0.25, 0.3) is 0 Å². The van der Waals surface area contributed by atoms with Crippen LogP contribution in [0.5, 0.6) is 0 Å². The van der Waals surface area contributed by atoms with Crippen molar-refractivity contribution >= 4 is 62.3 Å². The molecule has 0 fully saturated rings. The summed E-state index contributed by atoms with van der Waals surface area (Å²) in [6.07, 6.45) is 0. The average Bonchev–Trinajstić information content (AvgIpc) is 3.00. The van der Waals surface area contributed by atoms with Crippen molar-refractivity contribution in [2.24, 2.45) is 0 Å². The quantitative estimate of drug-likeness (QED) is 0.611. The van der Waals surface area contributed by atoms with E-state index in [1.54, 1.807) is 0 Å². The Morgan fingerprint density at radius 3 is 2.40 bits per heavy atom. The van der Waals surface area contributed by atoms with Crippen LogP contribution >= 0.6 is 50.7 Å². The second-order valence-corrected chi connectivity index (χ2v) is 7.11. The van der Waals surface area contributed by atoms with Crippen LogP contribution in [0.2, 0.25) is 15.1 Å². The van der Waals surface area contributed by atoms with Crippen molar-refractivity contribution in [3.05, 3.63) is 55.9 Å². The molecule has 1 heterocycles. The smallest absolute Gasteiger partial charge is 0.248 e. The number of benzene rings is 2. The molecule has 1 N–H and O–H groups in total. The molecule has 6 nitrogen and oxygen atoms in total. The monoisotopic (exact) mass is 459 g/mol. The third kappa shape index (κ3) is 4.49. The summed E-state index contributed by atoms with van der Waals surface area (Å²) < 4.78 is 0.944. The van der Waals surface area contributed by atoms with Crippen molar-refractivity contribution in [2.75, 3.05) is 5.32 Å². The Morgan fingerprint density at radius 2 is 1.76 bits per heavy atom. The van der Waals surface area contributed by atoms with E-state index in [4.69, 9.17) is 34.8 Å². The zero-order chi connectivity index (χ0) is 18.0. The molecule has 0 aliphatic carbocycles. The van der Waals surface area contributed by atoms with Gasteiger partial charge in [-0.15, -0.1) is 10.2 Å². The number of hydrogen-bond donors (Lipinski definition) is 1. The van der Waals surface area contributed by atoms with Crippen molar-refractivity contribution < 1.29 is 4.79 Å². The van der Waals surface area contributed by atoms with Crippen molar-refractivity contribution in [1.29, 1.82) is 0 Å². The van der Waals surface area contributed by atoms with Gasteiger partial charge >= 0.3 is 0 Å². The molecule has 0 spiro atoms. The molecule has 0 unspecified atom stereocenters. The van der Waals surface area contributed by atoms with Gasteiger partial charge in [0.15, 0.2) is 0 Å². The Kier molecular flexibility index (Phi) is 5.58. The van der Waals surface area contributed by atoms with E-state index in [1.807, 2.05) is 24.3 Å². The Labute approximate surface area is 166 Å². The third-order valence-corrected chi connectivity index (χ3v) is 4.45. The summed E-state index contributed by atoms with van der Waals surface area (Å²) in [5, 5.41) is 15.5. The molecule has 3 rings (SSSR count). The molecule has 0 atom stereocenters. The second-order valence-electron chi connectivity index (χ2n) is 4.94. The molecule has 0 radical (unpaired) electrons. The van der Waals surface area contributed by atoms with Crippen LogP contribution in [-0.2, 0) is 11.3 Å². The van der Waals surface area contributed by atoms with Crippen molar-refractivity contribution in [1.82, 2.24) is 20.2 Å². The number of halogens is 4.